The molecule has 2 aromatic carbocycles. The van der Waals surface area contributed by atoms with E-state index >= 15 is 0 Å². The number of ketones is 1. The lowest BCUT2D eigenvalue weighted by Gasteiger charge is -2.21. The predicted octanol–water partition coefficient (Wildman–Crippen LogP) is 4.30. The van der Waals surface area contributed by atoms with E-state index in [-0.39, 0.29) is 11.5 Å². The van der Waals surface area contributed by atoms with Gasteiger partial charge in [-0.3, -0.25) is 9.59 Å². The topological polar surface area (TPSA) is 80.6 Å². The number of furan rings is 1. The second-order valence-corrected chi connectivity index (χ2v) is 6.54. The highest BCUT2D eigenvalue weighted by Crippen LogP contribution is 2.28. The smallest absolute Gasteiger partial charge is 0.288 e. The van der Waals surface area contributed by atoms with E-state index in [1.54, 1.807) is 36.4 Å². The molecule has 1 unspecified atom stereocenters. The molecule has 0 aliphatic carbocycles. The van der Waals surface area contributed by atoms with Crippen molar-refractivity contribution in [1.29, 1.82) is 0 Å². The predicted molar refractivity (Wildman–Crippen MR) is 107 cm³/mol. The van der Waals surface area contributed by atoms with Gasteiger partial charge in [-0.25, -0.2) is 0 Å². The lowest BCUT2D eigenvalue weighted by molar-refractivity contribution is 0.0852. The van der Waals surface area contributed by atoms with E-state index < -0.39 is 12.1 Å². The van der Waals surface area contributed by atoms with Crippen LogP contribution in [0.25, 0.3) is 0 Å². The molecule has 0 bridgehead atoms. The summed E-state index contributed by atoms with van der Waals surface area (Å²) in [7, 11) is 1.51. The first kappa shape index (κ1) is 19.5. The number of hydrogen-bond donors (Lipinski definition) is 2. The Hall–Kier alpha value is -3.25. The summed E-state index contributed by atoms with van der Waals surface area (Å²) in [6.45, 7) is 1.93. The van der Waals surface area contributed by atoms with Crippen LogP contribution in [0.1, 0.15) is 26.5 Å². The quantitative estimate of drug-likeness (QED) is 0.458. The van der Waals surface area contributed by atoms with E-state index in [0.29, 0.717) is 22.0 Å². The summed E-state index contributed by atoms with van der Waals surface area (Å²) in [5.41, 5.74) is 1.95. The lowest BCUT2D eigenvalue weighted by Crippen LogP contribution is -2.46. The van der Waals surface area contributed by atoms with Gasteiger partial charge in [-0.05, 0) is 37.3 Å². The van der Waals surface area contributed by atoms with Gasteiger partial charge in [-0.15, -0.1) is 0 Å². The molecule has 3 aromatic rings. The van der Waals surface area contributed by atoms with Crippen LogP contribution in [0.15, 0.2) is 65.3 Å². The first-order chi connectivity index (χ1) is 13.5. The Morgan fingerprint density at radius 2 is 1.86 bits per heavy atom. The van der Waals surface area contributed by atoms with E-state index in [1.807, 2.05) is 19.1 Å². The number of carbonyl (C=O) groups is 2. The summed E-state index contributed by atoms with van der Waals surface area (Å²) in [5, 5.41) is 6.13. The van der Waals surface area contributed by atoms with Crippen molar-refractivity contribution in [3.05, 3.63) is 82.8 Å². The molecule has 0 spiro atoms. The van der Waals surface area contributed by atoms with Crippen molar-refractivity contribution in [1.82, 2.24) is 5.32 Å². The van der Waals surface area contributed by atoms with Crippen molar-refractivity contribution in [2.75, 3.05) is 12.4 Å². The number of Topliss-reactive ketones (excluding diaryl/α,β-unsaturated/α-hetero) is 1. The van der Waals surface area contributed by atoms with Crippen molar-refractivity contribution in [2.45, 2.75) is 13.1 Å². The maximum absolute atomic E-state index is 13.1. The molecular formula is C21H19ClN2O4. The normalized spacial score (nSPS) is 11.5. The van der Waals surface area contributed by atoms with Crippen LogP contribution in [0.3, 0.4) is 0 Å². The minimum atomic E-state index is -1.06. The number of amides is 1. The fourth-order valence-corrected chi connectivity index (χ4v) is 2.78. The van der Waals surface area contributed by atoms with E-state index in [9.17, 15) is 9.59 Å². The molecule has 6 nitrogen and oxygen atoms in total. The van der Waals surface area contributed by atoms with Gasteiger partial charge in [-0.2, -0.15) is 0 Å². The average Bonchev–Trinajstić information content (AvgIpc) is 3.23. The maximum Gasteiger partial charge on any atom is 0.288 e. The summed E-state index contributed by atoms with van der Waals surface area (Å²) >= 11 is 6.08. The lowest BCUT2D eigenvalue weighted by atomic mass is 10.1. The SMILES string of the molecule is COc1ccc(Cl)cc1NC(NC(=O)c1ccco1)C(=O)c1ccc(C)cc1. The van der Waals surface area contributed by atoms with Gasteiger partial charge >= 0.3 is 0 Å². The molecule has 0 aliphatic heterocycles. The van der Waals surface area contributed by atoms with Gasteiger partial charge in [0, 0.05) is 10.6 Å². The Bertz CT molecular complexity index is 969. The van der Waals surface area contributed by atoms with Gasteiger partial charge in [0.2, 0.25) is 5.78 Å². The molecule has 0 radical (unpaired) electrons. The van der Waals surface area contributed by atoms with Crippen LogP contribution < -0.4 is 15.4 Å². The fraction of sp³-hybridized carbons (Fsp3) is 0.143. The number of methoxy groups -OCH3 is 1. The van der Waals surface area contributed by atoms with Crippen molar-refractivity contribution >= 4 is 29.0 Å². The van der Waals surface area contributed by atoms with Crippen LogP contribution in [0.2, 0.25) is 5.02 Å². The van der Waals surface area contributed by atoms with Crippen LogP contribution in [0.5, 0.6) is 5.75 Å². The number of rotatable bonds is 7. The van der Waals surface area contributed by atoms with Crippen molar-refractivity contribution in [3.8, 4) is 5.75 Å². The maximum atomic E-state index is 13.1. The number of nitrogens with one attached hydrogen (secondary N) is 2. The van der Waals surface area contributed by atoms with Crippen LogP contribution in [0, 0.1) is 6.92 Å². The molecule has 0 aliphatic rings. The van der Waals surface area contributed by atoms with Gasteiger partial charge in [0.25, 0.3) is 5.91 Å². The van der Waals surface area contributed by atoms with Gasteiger partial charge in [0.1, 0.15) is 5.75 Å². The van der Waals surface area contributed by atoms with Crippen LogP contribution in [-0.2, 0) is 0 Å². The fourth-order valence-electron chi connectivity index (χ4n) is 2.61. The van der Waals surface area contributed by atoms with Crippen molar-refractivity contribution in [3.63, 3.8) is 0 Å². The number of aryl methyl sites for hydroxylation is 1. The third-order valence-electron chi connectivity index (χ3n) is 4.08. The van der Waals surface area contributed by atoms with Gasteiger partial charge in [0.15, 0.2) is 11.9 Å². The zero-order valence-corrected chi connectivity index (χ0v) is 16.1. The minimum absolute atomic E-state index is 0.0987. The molecule has 7 heteroatoms. The molecule has 28 heavy (non-hydrogen) atoms. The van der Waals surface area contributed by atoms with Gasteiger partial charge in [-0.1, -0.05) is 41.4 Å². The molecule has 1 aromatic heterocycles. The Kier molecular flexibility index (Phi) is 6.01. The monoisotopic (exact) mass is 398 g/mol. The third kappa shape index (κ3) is 4.53. The molecule has 0 fully saturated rings. The number of benzene rings is 2. The molecule has 1 heterocycles. The van der Waals surface area contributed by atoms with Gasteiger partial charge < -0.3 is 19.8 Å². The molecular weight excluding hydrogens is 380 g/mol. The summed E-state index contributed by atoms with van der Waals surface area (Å²) < 4.78 is 10.4. The summed E-state index contributed by atoms with van der Waals surface area (Å²) in [6.07, 6.45) is 0.326. The molecule has 144 valence electrons. The standard InChI is InChI=1S/C21H19ClN2O4/c1-13-5-7-14(8-6-13)19(25)20(24-21(26)18-4-3-11-28-18)23-16-12-15(22)9-10-17(16)27-2/h3-12,20,23H,1-2H3,(H,24,26). The molecule has 0 saturated heterocycles. The number of hydrogen-bond acceptors (Lipinski definition) is 5. The van der Waals surface area contributed by atoms with Crippen molar-refractivity contribution < 1.29 is 18.7 Å². The third-order valence-corrected chi connectivity index (χ3v) is 4.32. The van der Waals surface area contributed by atoms with E-state index in [0.717, 1.165) is 5.56 Å². The summed E-state index contributed by atoms with van der Waals surface area (Å²) in [4.78, 5) is 25.5. The Morgan fingerprint density at radius 1 is 1.11 bits per heavy atom. The Balaban J connectivity index is 1.92. The second-order valence-electron chi connectivity index (χ2n) is 6.10. The van der Waals surface area contributed by atoms with Crippen LogP contribution >= 0.6 is 11.6 Å². The Morgan fingerprint density at radius 3 is 2.50 bits per heavy atom. The minimum Gasteiger partial charge on any atom is -0.495 e. The summed E-state index contributed by atoms with van der Waals surface area (Å²) in [5.74, 6) is -0.259. The van der Waals surface area contributed by atoms with E-state index in [4.69, 9.17) is 20.8 Å². The largest absolute Gasteiger partial charge is 0.495 e. The second kappa shape index (κ2) is 8.63. The molecule has 1 atom stereocenters. The molecule has 0 saturated carbocycles. The zero-order valence-electron chi connectivity index (χ0n) is 15.4. The number of anilines is 1. The highest BCUT2D eigenvalue weighted by Gasteiger charge is 2.25. The van der Waals surface area contributed by atoms with Crippen LogP contribution in [-0.4, -0.2) is 25.0 Å². The van der Waals surface area contributed by atoms with Gasteiger partial charge in [0.05, 0.1) is 19.1 Å². The van der Waals surface area contributed by atoms with Crippen LogP contribution in [0.4, 0.5) is 5.69 Å². The van der Waals surface area contributed by atoms with E-state index in [1.165, 1.54) is 19.4 Å². The number of carbonyl (C=O) groups excluding carboxylic acids is 2. The highest BCUT2D eigenvalue weighted by molar-refractivity contribution is 6.31. The van der Waals surface area contributed by atoms with E-state index in [2.05, 4.69) is 10.6 Å². The first-order valence-electron chi connectivity index (χ1n) is 8.53. The highest BCUT2D eigenvalue weighted by atomic mass is 35.5. The number of halogens is 1. The molecule has 1 amide bonds. The first-order valence-corrected chi connectivity index (χ1v) is 8.91. The summed E-state index contributed by atoms with van der Waals surface area (Å²) in [6, 6.07) is 15.2. The Labute approximate surface area is 167 Å². The zero-order chi connectivity index (χ0) is 20.1. The molecule has 2 N–H and O–H groups in total. The van der Waals surface area contributed by atoms with Crippen molar-refractivity contribution in [2.24, 2.45) is 0 Å². The average molecular weight is 399 g/mol. The number of ether oxygens (including phenoxy) is 1. The molecule has 3 rings (SSSR count).